The van der Waals surface area contributed by atoms with Crippen molar-refractivity contribution in [3.63, 3.8) is 0 Å². The maximum atomic E-state index is 12.4. The van der Waals surface area contributed by atoms with Gasteiger partial charge in [0, 0.05) is 16.7 Å². The van der Waals surface area contributed by atoms with Gasteiger partial charge in [0.2, 0.25) is 0 Å². The summed E-state index contributed by atoms with van der Waals surface area (Å²) in [5.74, 6) is -0.276. The number of ketones is 1. The average Bonchev–Trinajstić information content (AvgIpc) is 2.57. The Morgan fingerprint density at radius 3 is 1.46 bits per heavy atom. The molecule has 8 nitrogen and oxygen atoms in total. The number of sulfonamides is 3. The Bertz CT molecular complexity index is 1120. The number of carbonyl (C=O) groups excluding carboxylic acids is 1. The highest BCUT2D eigenvalue weighted by Gasteiger charge is 2.57. The van der Waals surface area contributed by atoms with Crippen LogP contribution >= 0.6 is 0 Å². The summed E-state index contributed by atoms with van der Waals surface area (Å²) in [5, 5.41) is 0. The summed E-state index contributed by atoms with van der Waals surface area (Å²) < 4.78 is 71.5. The highest BCUT2D eigenvalue weighted by atomic mass is 32.3. The number of quaternary nitrogens is 1. The van der Waals surface area contributed by atoms with E-state index < -0.39 is 39.3 Å². The van der Waals surface area contributed by atoms with E-state index in [4.69, 9.17) is 0 Å². The molecule has 11 heteroatoms. The van der Waals surface area contributed by atoms with Crippen molar-refractivity contribution in [3.8, 4) is 0 Å². The van der Waals surface area contributed by atoms with Crippen molar-refractivity contribution in [1.82, 2.24) is 0 Å². The molecule has 0 atom stereocenters. The summed E-state index contributed by atoms with van der Waals surface area (Å²) in [5.41, 5.74) is 0.876. The molecule has 0 aliphatic rings. The zero-order chi connectivity index (χ0) is 21.4. The van der Waals surface area contributed by atoms with E-state index in [1.54, 1.807) is 30.3 Å². The maximum absolute atomic E-state index is 12.4. The zero-order valence-corrected chi connectivity index (χ0v) is 17.9. The SMILES string of the molecule is CS(=O)(=O)[N+](Cc1ccc(C(=O)c2ccccc2)cc1)(S(C)(=O)=O)S(C)(=O)=O. The molecular formula is C17H20NO7S3+. The molecule has 0 spiro atoms. The van der Waals surface area contributed by atoms with E-state index in [0.717, 1.165) is 0 Å². The van der Waals surface area contributed by atoms with Crippen LogP contribution in [0.5, 0.6) is 0 Å². The van der Waals surface area contributed by atoms with Crippen LogP contribution in [-0.4, -0.2) is 52.5 Å². The van der Waals surface area contributed by atoms with E-state index in [2.05, 4.69) is 0 Å². The summed E-state index contributed by atoms with van der Waals surface area (Å²) in [6.07, 6.45) is 1.67. The molecule has 152 valence electrons. The van der Waals surface area contributed by atoms with Gasteiger partial charge in [0.15, 0.2) is 12.3 Å². The van der Waals surface area contributed by atoms with Crippen molar-refractivity contribution in [1.29, 1.82) is 0 Å². The lowest BCUT2D eigenvalue weighted by Gasteiger charge is -2.30. The molecule has 2 rings (SSSR count). The number of nitrogens with zero attached hydrogens (tertiary/aromatic N) is 1. The fraction of sp³-hybridized carbons (Fsp3) is 0.235. The molecule has 0 fully saturated rings. The van der Waals surface area contributed by atoms with Crippen LogP contribution in [-0.2, 0) is 36.6 Å². The van der Waals surface area contributed by atoms with Crippen molar-refractivity contribution in [2.24, 2.45) is 0 Å². The standard InChI is InChI=1S/C17H20NO7S3/c1-26(20,21)18(27(2,22)23,28(3,24)25)13-14-9-11-16(12-10-14)17(19)15-7-5-4-6-8-15/h4-12H,13H2,1-3H3/q+1. The molecule has 2 aromatic carbocycles. The molecular weight excluding hydrogens is 426 g/mol. The van der Waals surface area contributed by atoms with Gasteiger partial charge in [-0.05, 0) is 2.70 Å². The minimum atomic E-state index is -4.61. The smallest absolute Gasteiger partial charge is 0.289 e. The van der Waals surface area contributed by atoms with Gasteiger partial charge in [0.05, 0.1) is 18.8 Å². The van der Waals surface area contributed by atoms with Crippen LogP contribution in [0.1, 0.15) is 21.5 Å². The molecule has 0 aromatic heterocycles. The Labute approximate surface area is 165 Å². The lowest BCUT2D eigenvalue weighted by molar-refractivity contribution is -0.540. The van der Waals surface area contributed by atoms with E-state index in [1.165, 1.54) is 24.3 Å². The highest BCUT2D eigenvalue weighted by molar-refractivity contribution is 8.09. The van der Waals surface area contributed by atoms with Gasteiger partial charge in [-0.3, -0.25) is 4.79 Å². The summed E-state index contributed by atoms with van der Waals surface area (Å²) in [7, 11) is -13.8. The lowest BCUT2D eigenvalue weighted by atomic mass is 10.0. The molecule has 2 aromatic rings. The molecule has 0 unspecified atom stereocenters. The molecule has 0 amide bonds. The second-order valence-corrected chi connectivity index (χ2v) is 13.3. The van der Waals surface area contributed by atoms with E-state index in [-0.39, 0.29) is 11.3 Å². The average molecular weight is 447 g/mol. The number of carbonyl (C=O) groups is 1. The summed E-state index contributed by atoms with van der Waals surface area (Å²) >= 11 is 0. The molecule has 28 heavy (non-hydrogen) atoms. The van der Waals surface area contributed by atoms with Crippen LogP contribution < -0.4 is 0 Å². The van der Waals surface area contributed by atoms with Crippen molar-refractivity contribution in [2.75, 3.05) is 18.8 Å². The molecule has 0 N–H and O–H groups in total. The number of rotatable bonds is 7. The molecule has 0 bridgehead atoms. The van der Waals surface area contributed by atoms with Crippen LogP contribution in [0.3, 0.4) is 0 Å². The normalized spacial score (nSPS) is 13.2. The van der Waals surface area contributed by atoms with Crippen LogP contribution in [0.15, 0.2) is 54.6 Å². The number of hydrogen-bond acceptors (Lipinski definition) is 7. The van der Waals surface area contributed by atoms with Gasteiger partial charge in [0.25, 0.3) is 0 Å². The number of benzene rings is 2. The first-order chi connectivity index (χ1) is 12.7. The fourth-order valence-electron chi connectivity index (χ4n) is 2.83. The van der Waals surface area contributed by atoms with Gasteiger partial charge in [-0.25, -0.2) is 0 Å². The third-order valence-corrected chi connectivity index (χ3v) is 12.4. The van der Waals surface area contributed by atoms with Gasteiger partial charge < -0.3 is 0 Å². The molecule has 0 aliphatic heterocycles. The first-order valence-corrected chi connectivity index (χ1v) is 13.4. The second-order valence-electron chi connectivity index (χ2n) is 6.36. The fourth-order valence-corrected chi connectivity index (χ4v) is 9.88. The van der Waals surface area contributed by atoms with Crippen LogP contribution in [0.4, 0.5) is 0 Å². The van der Waals surface area contributed by atoms with Gasteiger partial charge in [-0.15, -0.1) is 0 Å². The van der Waals surface area contributed by atoms with Gasteiger partial charge >= 0.3 is 30.1 Å². The Balaban J connectivity index is 2.52. The van der Waals surface area contributed by atoms with Crippen molar-refractivity contribution >= 4 is 35.9 Å². The van der Waals surface area contributed by atoms with E-state index in [1.807, 2.05) is 0 Å². The zero-order valence-electron chi connectivity index (χ0n) is 15.4. The predicted octanol–water partition coefficient (Wildman–Crippen LogP) is 1.11. The lowest BCUT2D eigenvalue weighted by Crippen LogP contribution is -2.58. The van der Waals surface area contributed by atoms with Crippen LogP contribution in [0.25, 0.3) is 0 Å². The number of hydrogen-bond donors (Lipinski definition) is 0. The third kappa shape index (κ3) is 4.02. The second kappa shape index (κ2) is 7.39. The van der Waals surface area contributed by atoms with E-state index >= 15 is 0 Å². The van der Waals surface area contributed by atoms with Crippen molar-refractivity contribution < 1.29 is 32.7 Å². The van der Waals surface area contributed by atoms with Gasteiger partial charge in [-0.2, -0.15) is 25.3 Å². The van der Waals surface area contributed by atoms with Gasteiger partial charge in [-0.1, -0.05) is 54.6 Å². The Morgan fingerprint density at radius 1 is 0.679 bits per heavy atom. The maximum Gasteiger partial charge on any atom is 0.323 e. The minimum Gasteiger partial charge on any atom is -0.289 e. The quantitative estimate of drug-likeness (QED) is 0.462. The topological polar surface area (TPSA) is 119 Å². The van der Waals surface area contributed by atoms with E-state index in [9.17, 15) is 30.0 Å². The largest absolute Gasteiger partial charge is 0.323 e. The van der Waals surface area contributed by atoms with Crippen LogP contribution in [0.2, 0.25) is 0 Å². The molecule has 0 aliphatic carbocycles. The first-order valence-electron chi connectivity index (χ1n) is 7.88. The highest BCUT2D eigenvalue weighted by Crippen LogP contribution is 2.30. The summed E-state index contributed by atoms with van der Waals surface area (Å²) in [6.45, 7) is -0.837. The summed E-state index contributed by atoms with van der Waals surface area (Å²) in [4.78, 5) is 12.4. The van der Waals surface area contributed by atoms with Crippen LogP contribution in [0, 0.1) is 0 Å². The Kier molecular flexibility index (Phi) is 5.86. The minimum absolute atomic E-state index is 0.130. The predicted molar refractivity (Wildman–Crippen MR) is 105 cm³/mol. The van der Waals surface area contributed by atoms with Gasteiger partial charge in [0.1, 0.15) is 0 Å². The molecule has 0 heterocycles. The Hall–Kier alpha value is -2.08. The molecule has 0 saturated carbocycles. The Morgan fingerprint density at radius 2 is 1.07 bits per heavy atom. The van der Waals surface area contributed by atoms with E-state index in [0.29, 0.717) is 29.9 Å². The van der Waals surface area contributed by atoms with Crippen molar-refractivity contribution in [3.05, 3.63) is 71.3 Å². The first kappa shape index (κ1) is 22.2. The molecule has 0 radical (unpaired) electrons. The monoisotopic (exact) mass is 446 g/mol. The molecule has 0 saturated heterocycles. The third-order valence-electron chi connectivity index (χ3n) is 4.14. The van der Waals surface area contributed by atoms with Crippen molar-refractivity contribution in [2.45, 2.75) is 6.54 Å². The summed E-state index contributed by atoms with van der Waals surface area (Å²) in [6, 6.07) is 13.9.